The summed E-state index contributed by atoms with van der Waals surface area (Å²) in [7, 11) is 1.84. The molecule has 27 heavy (non-hydrogen) atoms. The fourth-order valence-electron chi connectivity index (χ4n) is 3.60. The van der Waals surface area contributed by atoms with E-state index in [1.807, 2.05) is 7.05 Å². The number of rotatable bonds is 4. The van der Waals surface area contributed by atoms with Crippen molar-refractivity contribution < 1.29 is 0 Å². The van der Waals surface area contributed by atoms with Crippen LogP contribution < -0.4 is 10.6 Å². The fraction of sp³-hybridized carbons (Fsp3) is 0.526. The molecule has 3 atom stereocenters. The molecule has 3 unspecified atom stereocenters. The lowest BCUT2D eigenvalue weighted by molar-refractivity contribution is 0.392. The summed E-state index contributed by atoms with van der Waals surface area (Å²) in [5.74, 6) is 3.51. The molecule has 0 spiro atoms. The second-order valence-corrected chi connectivity index (χ2v) is 7.99. The van der Waals surface area contributed by atoms with Crippen molar-refractivity contribution in [3.8, 4) is 0 Å². The number of hydrogen-bond acceptors (Lipinski definition) is 3. The van der Waals surface area contributed by atoms with Gasteiger partial charge in [-0.2, -0.15) is 5.10 Å². The van der Waals surface area contributed by atoms with Gasteiger partial charge in [-0.1, -0.05) is 35.0 Å². The highest BCUT2D eigenvalue weighted by Crippen LogP contribution is 2.41. The standard InChI is InChI=1S/C19H25BrN6.HI/c1-3-17-24-18-9-8-14(11-26(18)25-17)22-19(21-2)23-16-10-15(16)12-4-6-13(20)7-5-12;/h4-7,14-16H,3,8-11H2,1-2H3,(H2,21,22,23);1H. The van der Waals surface area contributed by atoms with Crippen LogP contribution in [0.25, 0.3) is 0 Å². The Hall–Kier alpha value is -1.16. The third-order valence-electron chi connectivity index (χ3n) is 5.19. The molecule has 1 aliphatic carbocycles. The number of nitrogens with one attached hydrogen (secondary N) is 2. The van der Waals surface area contributed by atoms with Gasteiger partial charge in [0.25, 0.3) is 0 Å². The summed E-state index contributed by atoms with van der Waals surface area (Å²) < 4.78 is 3.18. The fourth-order valence-corrected chi connectivity index (χ4v) is 3.87. The van der Waals surface area contributed by atoms with Crippen LogP contribution in [0.2, 0.25) is 0 Å². The van der Waals surface area contributed by atoms with Gasteiger partial charge in [0.1, 0.15) is 5.82 Å². The average molecular weight is 545 g/mol. The number of aryl methyl sites for hydroxylation is 2. The molecule has 0 radical (unpaired) electrons. The lowest BCUT2D eigenvalue weighted by Crippen LogP contribution is -2.47. The molecular formula is C19H26BrIN6. The molecule has 1 saturated carbocycles. The Morgan fingerprint density at radius 2 is 2.07 bits per heavy atom. The molecule has 4 rings (SSSR count). The van der Waals surface area contributed by atoms with Gasteiger partial charge in [0, 0.05) is 42.4 Å². The van der Waals surface area contributed by atoms with Gasteiger partial charge >= 0.3 is 0 Å². The van der Waals surface area contributed by atoms with Crippen molar-refractivity contribution >= 4 is 45.9 Å². The molecule has 2 heterocycles. The van der Waals surface area contributed by atoms with Crippen molar-refractivity contribution in [1.82, 2.24) is 25.4 Å². The molecule has 146 valence electrons. The molecule has 0 bridgehead atoms. The third-order valence-corrected chi connectivity index (χ3v) is 5.72. The normalized spacial score (nSPS) is 24.0. The second-order valence-electron chi connectivity index (χ2n) is 7.08. The number of aromatic nitrogens is 3. The van der Waals surface area contributed by atoms with Gasteiger partial charge in [-0.25, -0.2) is 9.67 Å². The van der Waals surface area contributed by atoms with E-state index in [4.69, 9.17) is 0 Å². The SMILES string of the molecule is CCc1nc2n(n1)CC(NC(=NC)NC1CC1c1ccc(Br)cc1)CC2.I. The van der Waals surface area contributed by atoms with Gasteiger partial charge in [-0.05, 0) is 30.5 Å². The monoisotopic (exact) mass is 544 g/mol. The highest BCUT2D eigenvalue weighted by molar-refractivity contribution is 14.0. The average Bonchev–Trinajstić information content (AvgIpc) is 3.29. The van der Waals surface area contributed by atoms with Crippen LogP contribution in [-0.2, 0) is 19.4 Å². The molecule has 6 nitrogen and oxygen atoms in total. The summed E-state index contributed by atoms with van der Waals surface area (Å²) in [5.41, 5.74) is 1.39. The van der Waals surface area contributed by atoms with E-state index in [9.17, 15) is 0 Å². The van der Waals surface area contributed by atoms with Gasteiger partial charge < -0.3 is 10.6 Å². The zero-order valence-corrected chi connectivity index (χ0v) is 19.6. The van der Waals surface area contributed by atoms with E-state index in [1.165, 1.54) is 5.56 Å². The van der Waals surface area contributed by atoms with Crippen LogP contribution >= 0.6 is 39.9 Å². The van der Waals surface area contributed by atoms with Crippen molar-refractivity contribution in [2.75, 3.05) is 7.05 Å². The molecule has 0 saturated heterocycles. The molecule has 1 aromatic heterocycles. The van der Waals surface area contributed by atoms with Crippen molar-refractivity contribution in [2.24, 2.45) is 4.99 Å². The number of halogens is 2. The Kier molecular flexibility index (Phi) is 6.78. The van der Waals surface area contributed by atoms with Crippen LogP contribution in [-0.4, -0.2) is 39.9 Å². The van der Waals surface area contributed by atoms with Crippen LogP contribution in [0.5, 0.6) is 0 Å². The highest BCUT2D eigenvalue weighted by Gasteiger charge is 2.39. The van der Waals surface area contributed by atoms with E-state index in [0.29, 0.717) is 18.0 Å². The Labute approximate surface area is 185 Å². The van der Waals surface area contributed by atoms with Crippen LogP contribution in [0.15, 0.2) is 33.7 Å². The van der Waals surface area contributed by atoms with Crippen molar-refractivity contribution in [2.45, 2.75) is 57.2 Å². The summed E-state index contributed by atoms with van der Waals surface area (Å²) in [6.45, 7) is 2.95. The molecule has 1 aliphatic heterocycles. The first-order chi connectivity index (χ1) is 12.7. The summed E-state index contributed by atoms with van der Waals surface area (Å²) in [5, 5.41) is 11.7. The van der Waals surface area contributed by atoms with Crippen molar-refractivity contribution in [3.05, 3.63) is 46.0 Å². The van der Waals surface area contributed by atoms with Gasteiger partial charge in [-0.3, -0.25) is 4.99 Å². The summed E-state index contributed by atoms with van der Waals surface area (Å²) >= 11 is 3.50. The maximum Gasteiger partial charge on any atom is 0.191 e. The lowest BCUT2D eigenvalue weighted by Gasteiger charge is -2.25. The largest absolute Gasteiger partial charge is 0.353 e. The van der Waals surface area contributed by atoms with E-state index in [0.717, 1.165) is 54.3 Å². The maximum atomic E-state index is 4.59. The number of fused-ring (bicyclic) bond motifs is 1. The summed E-state index contributed by atoms with van der Waals surface area (Å²) in [6.07, 6.45) is 4.07. The minimum atomic E-state index is 0. The summed E-state index contributed by atoms with van der Waals surface area (Å²) in [4.78, 5) is 9.01. The molecule has 2 N–H and O–H groups in total. The number of benzene rings is 1. The van der Waals surface area contributed by atoms with Crippen LogP contribution in [0, 0.1) is 0 Å². The number of guanidine groups is 1. The predicted octanol–water partition coefficient (Wildman–Crippen LogP) is 3.26. The molecule has 1 fully saturated rings. The topological polar surface area (TPSA) is 67.1 Å². The second kappa shape index (κ2) is 8.89. The number of hydrogen-bond donors (Lipinski definition) is 2. The summed E-state index contributed by atoms with van der Waals surface area (Å²) in [6, 6.07) is 9.42. The quantitative estimate of drug-likeness (QED) is 0.352. The van der Waals surface area contributed by atoms with Gasteiger partial charge in [0.15, 0.2) is 11.8 Å². The maximum absolute atomic E-state index is 4.59. The minimum Gasteiger partial charge on any atom is -0.353 e. The first-order valence-electron chi connectivity index (χ1n) is 9.34. The van der Waals surface area contributed by atoms with E-state index < -0.39 is 0 Å². The Balaban J connectivity index is 0.00000210. The zero-order valence-electron chi connectivity index (χ0n) is 15.7. The zero-order chi connectivity index (χ0) is 18.1. The Morgan fingerprint density at radius 3 is 2.78 bits per heavy atom. The molecular weight excluding hydrogens is 519 g/mol. The van der Waals surface area contributed by atoms with Crippen molar-refractivity contribution in [1.29, 1.82) is 0 Å². The van der Waals surface area contributed by atoms with Gasteiger partial charge in [0.2, 0.25) is 0 Å². The predicted molar refractivity (Wildman–Crippen MR) is 122 cm³/mol. The molecule has 2 aliphatic rings. The van der Waals surface area contributed by atoms with Crippen LogP contribution in [0.1, 0.15) is 42.9 Å². The third kappa shape index (κ3) is 4.82. The first kappa shape index (κ1) is 20.6. The Bertz CT molecular complexity index is 803. The molecule has 1 aromatic carbocycles. The Morgan fingerprint density at radius 1 is 1.30 bits per heavy atom. The molecule has 2 aromatic rings. The van der Waals surface area contributed by atoms with Gasteiger partial charge in [-0.15, -0.1) is 24.0 Å². The smallest absolute Gasteiger partial charge is 0.191 e. The lowest BCUT2D eigenvalue weighted by atomic mass is 10.1. The first-order valence-corrected chi connectivity index (χ1v) is 10.1. The molecule has 0 amide bonds. The number of nitrogens with zero attached hydrogens (tertiary/aromatic N) is 4. The minimum absolute atomic E-state index is 0. The van der Waals surface area contributed by atoms with Gasteiger partial charge in [0.05, 0.1) is 6.54 Å². The number of aliphatic imine (C=N–C) groups is 1. The van der Waals surface area contributed by atoms with E-state index in [-0.39, 0.29) is 24.0 Å². The van der Waals surface area contributed by atoms with E-state index in [2.05, 4.69) is 77.5 Å². The van der Waals surface area contributed by atoms with E-state index in [1.54, 1.807) is 0 Å². The van der Waals surface area contributed by atoms with Crippen molar-refractivity contribution in [3.63, 3.8) is 0 Å². The van der Waals surface area contributed by atoms with Crippen LogP contribution in [0.3, 0.4) is 0 Å². The molecule has 8 heteroatoms. The van der Waals surface area contributed by atoms with Crippen LogP contribution in [0.4, 0.5) is 0 Å². The highest BCUT2D eigenvalue weighted by atomic mass is 127. The van der Waals surface area contributed by atoms with E-state index >= 15 is 0 Å².